The minimum absolute atomic E-state index is 0.240. The Morgan fingerprint density at radius 1 is 1.27 bits per heavy atom. The fourth-order valence-corrected chi connectivity index (χ4v) is 4.97. The van der Waals surface area contributed by atoms with Crippen molar-refractivity contribution in [2.24, 2.45) is 5.92 Å². The smallest absolute Gasteiger partial charge is 0.209 e. The van der Waals surface area contributed by atoms with Crippen molar-refractivity contribution in [1.82, 2.24) is 20.2 Å². The van der Waals surface area contributed by atoms with Gasteiger partial charge in [-0.3, -0.25) is 0 Å². The van der Waals surface area contributed by atoms with Crippen molar-refractivity contribution in [2.75, 3.05) is 37.7 Å². The molecule has 3 heterocycles. The molecule has 1 aromatic heterocycles. The summed E-state index contributed by atoms with van der Waals surface area (Å²) in [6.07, 6.45) is 3.55. The zero-order valence-electron chi connectivity index (χ0n) is 18.4. The highest BCUT2D eigenvalue weighted by Gasteiger charge is 2.34. The van der Waals surface area contributed by atoms with Gasteiger partial charge < -0.3 is 14.5 Å². The van der Waals surface area contributed by atoms with E-state index in [2.05, 4.69) is 53.3 Å². The summed E-state index contributed by atoms with van der Waals surface area (Å²) in [5.41, 5.74) is 2.53. The Kier molecular flexibility index (Phi) is 6.91. The van der Waals surface area contributed by atoms with E-state index in [1.807, 2.05) is 10.7 Å². The Morgan fingerprint density at radius 2 is 2.07 bits per heavy atom. The predicted octanol–water partition coefficient (Wildman–Crippen LogP) is 2.31. The molecule has 2 aromatic rings. The first kappa shape index (κ1) is 21.5. The van der Waals surface area contributed by atoms with E-state index in [0.29, 0.717) is 12.0 Å². The second kappa shape index (κ2) is 9.62. The summed E-state index contributed by atoms with van der Waals surface area (Å²) in [6.45, 7) is 12.5. The van der Waals surface area contributed by atoms with Crippen LogP contribution < -0.4 is 9.80 Å². The fraction of sp³-hybridized carbons (Fsp3) is 0.682. The minimum Gasteiger partial charge on any atom is -0.376 e. The standard InChI is InChI=1S/C22H33ClN6O/c1-16(2)13-21(22-24-25-26-29(22)15-19-5-4-12-30-19)28-10-8-27(9-11-28)20-14-18(23)7-6-17(20)3/h6-7,14,16,19,21H,4-5,8-13,15H2,1-3H3/p+1/t19-,21-/m0/s1. The van der Waals surface area contributed by atoms with Crippen LogP contribution in [0.15, 0.2) is 18.2 Å². The molecule has 164 valence electrons. The summed E-state index contributed by atoms with van der Waals surface area (Å²) >= 11 is 6.26. The van der Waals surface area contributed by atoms with Crippen LogP contribution in [0.3, 0.4) is 0 Å². The van der Waals surface area contributed by atoms with Gasteiger partial charge in [0, 0.05) is 23.7 Å². The minimum atomic E-state index is 0.240. The number of rotatable bonds is 7. The van der Waals surface area contributed by atoms with Gasteiger partial charge >= 0.3 is 0 Å². The van der Waals surface area contributed by atoms with Gasteiger partial charge in [-0.25, -0.2) is 4.68 Å². The van der Waals surface area contributed by atoms with Crippen molar-refractivity contribution in [2.45, 2.75) is 58.7 Å². The number of hydrogen-bond acceptors (Lipinski definition) is 5. The SMILES string of the molecule is Cc1ccc(Cl)cc1N1CC[NH+]([C@@H](CC(C)C)c2nnnn2C[C@@H]2CCCO2)CC1. The molecule has 0 radical (unpaired) electrons. The van der Waals surface area contributed by atoms with E-state index in [1.54, 1.807) is 4.90 Å². The largest absolute Gasteiger partial charge is 0.376 e. The van der Waals surface area contributed by atoms with E-state index in [0.717, 1.165) is 69.4 Å². The molecule has 2 fully saturated rings. The molecule has 0 aliphatic carbocycles. The van der Waals surface area contributed by atoms with Crippen molar-refractivity contribution in [1.29, 1.82) is 0 Å². The molecule has 7 nitrogen and oxygen atoms in total. The predicted molar refractivity (Wildman–Crippen MR) is 118 cm³/mol. The number of aryl methyl sites for hydroxylation is 1. The highest BCUT2D eigenvalue weighted by molar-refractivity contribution is 6.30. The Hall–Kier alpha value is -1.70. The normalized spacial score (nSPS) is 21.5. The van der Waals surface area contributed by atoms with Crippen molar-refractivity contribution in [3.63, 3.8) is 0 Å². The first-order chi connectivity index (χ1) is 14.5. The highest BCUT2D eigenvalue weighted by Crippen LogP contribution is 2.25. The van der Waals surface area contributed by atoms with Gasteiger partial charge in [0.1, 0.15) is 6.04 Å². The van der Waals surface area contributed by atoms with Gasteiger partial charge in [0.2, 0.25) is 5.82 Å². The maximum absolute atomic E-state index is 6.26. The number of nitrogens with one attached hydrogen (secondary N) is 1. The van der Waals surface area contributed by atoms with Crippen LogP contribution in [-0.4, -0.2) is 59.1 Å². The van der Waals surface area contributed by atoms with Gasteiger partial charge in [0.15, 0.2) is 0 Å². The molecule has 0 amide bonds. The summed E-state index contributed by atoms with van der Waals surface area (Å²) < 4.78 is 7.83. The second-order valence-corrected chi connectivity index (χ2v) is 9.55. The van der Waals surface area contributed by atoms with Crippen LogP contribution in [-0.2, 0) is 11.3 Å². The van der Waals surface area contributed by atoms with Crippen LogP contribution in [0.1, 0.15) is 50.5 Å². The van der Waals surface area contributed by atoms with Crippen LogP contribution in [0.25, 0.3) is 0 Å². The van der Waals surface area contributed by atoms with Gasteiger partial charge in [-0.15, -0.1) is 5.10 Å². The molecule has 8 heteroatoms. The number of ether oxygens (including phenoxy) is 1. The third kappa shape index (κ3) is 4.95. The quantitative estimate of drug-likeness (QED) is 0.726. The lowest BCUT2D eigenvalue weighted by Gasteiger charge is -2.38. The number of halogens is 1. The van der Waals surface area contributed by atoms with Gasteiger partial charge in [0.25, 0.3) is 0 Å². The highest BCUT2D eigenvalue weighted by atomic mass is 35.5. The molecule has 2 aliphatic rings. The maximum Gasteiger partial charge on any atom is 0.209 e. The number of tetrazole rings is 1. The van der Waals surface area contributed by atoms with Gasteiger partial charge in [0.05, 0.1) is 38.8 Å². The van der Waals surface area contributed by atoms with E-state index in [9.17, 15) is 0 Å². The molecule has 30 heavy (non-hydrogen) atoms. The van der Waals surface area contributed by atoms with Crippen molar-refractivity contribution in [3.8, 4) is 0 Å². The number of aromatic nitrogens is 4. The zero-order valence-corrected chi connectivity index (χ0v) is 19.1. The molecule has 1 N–H and O–H groups in total. The van der Waals surface area contributed by atoms with Crippen LogP contribution in [0.2, 0.25) is 5.02 Å². The Bertz CT molecular complexity index is 827. The zero-order chi connectivity index (χ0) is 21.1. The van der Waals surface area contributed by atoms with Gasteiger partial charge in [-0.2, -0.15) is 0 Å². The first-order valence-electron chi connectivity index (χ1n) is 11.2. The molecule has 2 saturated heterocycles. The fourth-order valence-electron chi connectivity index (χ4n) is 4.80. The Labute approximate surface area is 184 Å². The van der Waals surface area contributed by atoms with Crippen LogP contribution in [0, 0.1) is 12.8 Å². The molecule has 0 saturated carbocycles. The van der Waals surface area contributed by atoms with Crippen molar-refractivity contribution >= 4 is 17.3 Å². The first-order valence-corrected chi connectivity index (χ1v) is 11.6. The van der Waals surface area contributed by atoms with Gasteiger partial charge in [-0.1, -0.05) is 31.5 Å². The van der Waals surface area contributed by atoms with Crippen LogP contribution in [0.5, 0.6) is 0 Å². The number of quaternary nitrogens is 1. The molecule has 0 spiro atoms. The molecule has 2 atom stereocenters. The van der Waals surface area contributed by atoms with E-state index >= 15 is 0 Å². The summed E-state index contributed by atoms with van der Waals surface area (Å²) in [5, 5.41) is 13.7. The third-order valence-electron chi connectivity index (χ3n) is 6.39. The lowest BCUT2D eigenvalue weighted by Crippen LogP contribution is -3.15. The topological polar surface area (TPSA) is 60.5 Å². The Morgan fingerprint density at radius 3 is 2.77 bits per heavy atom. The molecule has 1 aromatic carbocycles. The summed E-state index contributed by atoms with van der Waals surface area (Å²) in [4.78, 5) is 4.04. The lowest BCUT2D eigenvalue weighted by molar-refractivity contribution is -0.934. The molecular formula is C22H34ClN6O+. The maximum atomic E-state index is 6.26. The molecule has 4 rings (SSSR count). The second-order valence-electron chi connectivity index (χ2n) is 9.11. The molecule has 0 bridgehead atoms. The van der Waals surface area contributed by atoms with E-state index in [4.69, 9.17) is 16.3 Å². The average Bonchev–Trinajstić information content (AvgIpc) is 3.41. The molecule has 2 aliphatic heterocycles. The third-order valence-corrected chi connectivity index (χ3v) is 6.62. The monoisotopic (exact) mass is 433 g/mol. The number of piperazine rings is 1. The van der Waals surface area contributed by atoms with Crippen LogP contribution >= 0.6 is 11.6 Å². The number of nitrogens with zero attached hydrogens (tertiary/aromatic N) is 5. The lowest BCUT2D eigenvalue weighted by atomic mass is 10.0. The summed E-state index contributed by atoms with van der Waals surface area (Å²) in [6, 6.07) is 6.48. The average molecular weight is 434 g/mol. The number of anilines is 1. The Balaban J connectivity index is 1.48. The van der Waals surface area contributed by atoms with Crippen molar-refractivity contribution < 1.29 is 9.64 Å². The van der Waals surface area contributed by atoms with Gasteiger partial charge in [-0.05, 0) is 53.8 Å². The number of benzene rings is 1. The van der Waals surface area contributed by atoms with Crippen molar-refractivity contribution in [3.05, 3.63) is 34.6 Å². The van der Waals surface area contributed by atoms with E-state index in [1.165, 1.54) is 11.3 Å². The number of hydrogen-bond donors (Lipinski definition) is 1. The summed E-state index contributed by atoms with van der Waals surface area (Å²) in [5.74, 6) is 1.60. The molecule has 0 unspecified atom stereocenters. The van der Waals surface area contributed by atoms with E-state index < -0.39 is 0 Å². The molecular weight excluding hydrogens is 400 g/mol. The van der Waals surface area contributed by atoms with Crippen LogP contribution in [0.4, 0.5) is 5.69 Å². The summed E-state index contributed by atoms with van der Waals surface area (Å²) in [7, 11) is 0. The van der Waals surface area contributed by atoms with E-state index in [-0.39, 0.29) is 6.10 Å².